The van der Waals surface area contributed by atoms with Crippen molar-refractivity contribution in [2.45, 2.75) is 12.5 Å². The zero-order valence-electron chi connectivity index (χ0n) is 15.7. The highest BCUT2D eigenvalue weighted by Crippen LogP contribution is 2.27. The Morgan fingerprint density at radius 3 is 2.70 bits per heavy atom. The molecule has 4 N–H and O–H groups in total. The molecule has 0 saturated carbocycles. The number of pyridine rings is 1. The molecule has 0 aliphatic heterocycles. The Morgan fingerprint density at radius 2 is 1.93 bits per heavy atom. The molecule has 2 amide bonds. The zero-order chi connectivity index (χ0) is 21.1. The average Bonchev–Trinajstić information content (AvgIpc) is 3.41. The maximum absolute atomic E-state index is 12.9. The van der Waals surface area contributed by atoms with Gasteiger partial charge in [-0.3, -0.25) is 24.5 Å². The lowest BCUT2D eigenvalue weighted by molar-refractivity contribution is -0.137. The van der Waals surface area contributed by atoms with Crippen LogP contribution >= 0.6 is 11.3 Å². The Hall–Kier alpha value is -3.85. The van der Waals surface area contributed by atoms with Crippen LogP contribution < -0.4 is 11.1 Å². The van der Waals surface area contributed by atoms with E-state index in [1.807, 2.05) is 29.6 Å². The van der Waals surface area contributed by atoms with Gasteiger partial charge in [0, 0.05) is 17.3 Å². The predicted octanol–water partition coefficient (Wildman–Crippen LogP) is 2.08. The largest absolute Gasteiger partial charge is 0.363 e. The number of hydrogen-bond donors (Lipinski definition) is 3. The van der Waals surface area contributed by atoms with E-state index in [2.05, 4.69) is 20.5 Å². The van der Waals surface area contributed by atoms with Gasteiger partial charge in [0.15, 0.2) is 0 Å². The van der Waals surface area contributed by atoms with E-state index in [4.69, 9.17) is 5.73 Å². The summed E-state index contributed by atoms with van der Waals surface area (Å²) in [5.74, 6) is -2.54. The molecule has 1 aromatic carbocycles. The molecule has 0 aliphatic carbocycles. The third-order valence-electron chi connectivity index (χ3n) is 4.66. The fourth-order valence-corrected chi connectivity index (χ4v) is 4.17. The van der Waals surface area contributed by atoms with Gasteiger partial charge in [-0.1, -0.05) is 24.3 Å². The molecule has 4 aromatic rings. The first-order chi connectivity index (χ1) is 14.5. The maximum Gasteiger partial charge on any atom is 0.287 e. The van der Waals surface area contributed by atoms with Crippen LogP contribution in [0.2, 0.25) is 0 Å². The summed E-state index contributed by atoms with van der Waals surface area (Å²) in [5, 5.41) is 12.1. The van der Waals surface area contributed by atoms with Crippen LogP contribution in [0.4, 0.5) is 0 Å². The van der Waals surface area contributed by atoms with Crippen molar-refractivity contribution in [3.63, 3.8) is 0 Å². The first-order valence-corrected chi connectivity index (χ1v) is 9.97. The summed E-state index contributed by atoms with van der Waals surface area (Å²) in [6.45, 7) is 0. The molecule has 3 heterocycles. The van der Waals surface area contributed by atoms with Gasteiger partial charge in [0.25, 0.3) is 11.8 Å². The molecule has 30 heavy (non-hydrogen) atoms. The van der Waals surface area contributed by atoms with Crippen molar-refractivity contribution in [3.8, 4) is 11.3 Å². The number of benzene rings is 1. The lowest BCUT2D eigenvalue weighted by atomic mass is 10.0. The molecule has 0 bridgehead atoms. The van der Waals surface area contributed by atoms with E-state index in [0.29, 0.717) is 11.3 Å². The number of H-pyrrole nitrogens is 1. The monoisotopic (exact) mass is 419 g/mol. The number of nitrogens with zero attached hydrogens (tertiary/aromatic N) is 2. The highest BCUT2D eigenvalue weighted by atomic mass is 32.1. The Morgan fingerprint density at radius 1 is 1.13 bits per heavy atom. The Bertz CT molecular complexity index is 1230. The molecule has 1 atom stereocenters. The van der Waals surface area contributed by atoms with Gasteiger partial charge in [-0.2, -0.15) is 5.10 Å². The fourth-order valence-electron chi connectivity index (χ4n) is 3.20. The molecule has 0 aliphatic rings. The van der Waals surface area contributed by atoms with E-state index < -0.39 is 23.6 Å². The van der Waals surface area contributed by atoms with Crippen LogP contribution in [0, 0.1) is 0 Å². The number of rotatable bonds is 7. The van der Waals surface area contributed by atoms with Crippen LogP contribution in [0.25, 0.3) is 21.3 Å². The predicted molar refractivity (Wildman–Crippen MR) is 113 cm³/mol. The molecule has 3 aromatic heterocycles. The highest BCUT2D eigenvalue weighted by molar-refractivity contribution is 7.17. The number of primary amides is 1. The lowest BCUT2D eigenvalue weighted by Gasteiger charge is -2.16. The molecule has 150 valence electrons. The van der Waals surface area contributed by atoms with E-state index >= 15 is 0 Å². The molecule has 0 radical (unpaired) electrons. The number of carbonyl (C=O) groups excluding carboxylic acids is 3. The van der Waals surface area contributed by atoms with Crippen LogP contribution in [0.3, 0.4) is 0 Å². The number of aromatic nitrogens is 3. The molecule has 8 nitrogen and oxygen atoms in total. The second kappa shape index (κ2) is 8.26. The minimum Gasteiger partial charge on any atom is -0.363 e. The maximum atomic E-state index is 12.9. The van der Waals surface area contributed by atoms with Crippen molar-refractivity contribution in [3.05, 3.63) is 71.5 Å². The van der Waals surface area contributed by atoms with Crippen LogP contribution in [0.15, 0.2) is 60.2 Å². The molecule has 9 heteroatoms. The third kappa shape index (κ3) is 3.83. The number of amides is 2. The van der Waals surface area contributed by atoms with Crippen molar-refractivity contribution in [2.24, 2.45) is 5.73 Å². The van der Waals surface area contributed by atoms with Gasteiger partial charge in [-0.15, -0.1) is 11.3 Å². The summed E-state index contributed by atoms with van der Waals surface area (Å²) in [4.78, 5) is 41.2. The topological polar surface area (TPSA) is 131 Å². The number of hydrogen-bond acceptors (Lipinski definition) is 6. The first-order valence-electron chi connectivity index (χ1n) is 9.09. The average molecular weight is 419 g/mol. The van der Waals surface area contributed by atoms with Crippen LogP contribution in [-0.2, 0) is 16.0 Å². The number of carbonyl (C=O) groups is 3. The van der Waals surface area contributed by atoms with Crippen LogP contribution in [0.5, 0.6) is 0 Å². The van der Waals surface area contributed by atoms with Gasteiger partial charge >= 0.3 is 0 Å². The number of Topliss-reactive ketones (excluding diaryl/α,β-unsaturated/α-hetero) is 1. The van der Waals surface area contributed by atoms with Crippen molar-refractivity contribution >= 4 is 39.0 Å². The summed E-state index contributed by atoms with van der Waals surface area (Å²) in [6.07, 6.45) is 3.23. The van der Waals surface area contributed by atoms with Gasteiger partial charge in [0.2, 0.25) is 5.78 Å². The number of ketones is 1. The standard InChI is InChI=1S/C21H17N5O3S/c22-20(28)19(27)16(9-12-11-30-17-7-2-1-5-13(12)17)25-21(29)18-14(10-24-26-18)15-6-3-4-8-23-15/h1-8,10-11,16H,9H2,(H2,22,28)(H,24,26)(H,25,29). The van der Waals surface area contributed by atoms with Crippen molar-refractivity contribution in [1.29, 1.82) is 0 Å². The van der Waals surface area contributed by atoms with Crippen molar-refractivity contribution < 1.29 is 14.4 Å². The molecule has 1 unspecified atom stereocenters. The van der Waals surface area contributed by atoms with Gasteiger partial charge in [-0.05, 0) is 34.5 Å². The van der Waals surface area contributed by atoms with E-state index in [9.17, 15) is 14.4 Å². The lowest BCUT2D eigenvalue weighted by Crippen LogP contribution is -2.47. The fraction of sp³-hybridized carbons (Fsp3) is 0.0952. The van der Waals surface area contributed by atoms with E-state index in [0.717, 1.165) is 15.6 Å². The molecular weight excluding hydrogens is 402 g/mol. The SMILES string of the molecule is NC(=O)C(=O)C(Cc1csc2ccccc12)NC(=O)c1[nH]ncc1-c1ccccn1. The molecule has 4 rings (SSSR count). The third-order valence-corrected chi connectivity index (χ3v) is 5.67. The summed E-state index contributed by atoms with van der Waals surface area (Å²) in [5.41, 5.74) is 7.26. The van der Waals surface area contributed by atoms with Crippen LogP contribution in [-0.4, -0.2) is 38.8 Å². The first kappa shape index (κ1) is 19.5. The van der Waals surface area contributed by atoms with E-state index in [1.165, 1.54) is 17.5 Å². The van der Waals surface area contributed by atoms with Gasteiger partial charge in [-0.25, -0.2) is 0 Å². The number of thiophene rings is 1. The quantitative estimate of drug-likeness (QED) is 0.395. The molecule has 0 fully saturated rings. The minimum absolute atomic E-state index is 0.143. The summed E-state index contributed by atoms with van der Waals surface area (Å²) in [6, 6.07) is 11.9. The van der Waals surface area contributed by atoms with Crippen LogP contribution in [0.1, 0.15) is 16.1 Å². The molecule has 0 spiro atoms. The Kier molecular flexibility index (Phi) is 5.36. The summed E-state index contributed by atoms with van der Waals surface area (Å²) < 4.78 is 1.05. The Balaban J connectivity index is 1.62. The van der Waals surface area contributed by atoms with Crippen molar-refractivity contribution in [2.75, 3.05) is 0 Å². The van der Waals surface area contributed by atoms with Gasteiger partial charge in [0.1, 0.15) is 11.7 Å². The van der Waals surface area contributed by atoms with Gasteiger partial charge in [0.05, 0.1) is 17.5 Å². The normalized spacial score (nSPS) is 11.9. The highest BCUT2D eigenvalue weighted by Gasteiger charge is 2.28. The smallest absolute Gasteiger partial charge is 0.287 e. The van der Waals surface area contributed by atoms with E-state index in [-0.39, 0.29) is 12.1 Å². The number of aromatic amines is 1. The molecular formula is C21H17N5O3S. The number of fused-ring (bicyclic) bond motifs is 1. The van der Waals surface area contributed by atoms with E-state index in [1.54, 1.807) is 24.4 Å². The summed E-state index contributed by atoms with van der Waals surface area (Å²) in [7, 11) is 0. The minimum atomic E-state index is -1.10. The Labute approximate surface area is 175 Å². The van der Waals surface area contributed by atoms with Gasteiger partial charge < -0.3 is 11.1 Å². The van der Waals surface area contributed by atoms with Crippen molar-refractivity contribution in [1.82, 2.24) is 20.5 Å². The second-order valence-corrected chi connectivity index (χ2v) is 7.50. The number of nitrogens with two attached hydrogens (primary N) is 1. The summed E-state index contributed by atoms with van der Waals surface area (Å²) >= 11 is 1.53. The zero-order valence-corrected chi connectivity index (χ0v) is 16.5. The second-order valence-electron chi connectivity index (χ2n) is 6.59. The molecule has 0 saturated heterocycles. The number of nitrogens with one attached hydrogen (secondary N) is 2.